The Bertz CT molecular complexity index is 920. The van der Waals surface area contributed by atoms with Crippen LogP contribution in [0.1, 0.15) is 57.6 Å². The highest BCUT2D eigenvalue weighted by molar-refractivity contribution is 7.91. The maximum Gasteiger partial charge on any atom is 0.305 e. The van der Waals surface area contributed by atoms with Gasteiger partial charge in [-0.15, -0.1) is 0 Å². The molecule has 1 amide bonds. The number of hydrogen-bond acceptors (Lipinski definition) is 7. The number of aliphatic hydroxyl groups excluding tert-OH is 1. The Kier molecular flexibility index (Phi) is 10.9. The molecule has 0 heterocycles. The van der Waals surface area contributed by atoms with Crippen molar-refractivity contribution in [3.8, 4) is 0 Å². The number of hydrogen-bond donors (Lipinski definition) is 3. The van der Waals surface area contributed by atoms with Gasteiger partial charge in [0.1, 0.15) is 5.82 Å². The van der Waals surface area contributed by atoms with E-state index in [-0.39, 0.29) is 36.3 Å². The Balaban J connectivity index is 3.12. The fourth-order valence-electron chi connectivity index (χ4n) is 3.96. The molecule has 0 aromatic heterocycles. The van der Waals surface area contributed by atoms with Crippen LogP contribution in [0.5, 0.6) is 0 Å². The van der Waals surface area contributed by atoms with Crippen molar-refractivity contribution in [2.75, 3.05) is 32.3 Å². The average Bonchev–Trinajstić information content (AvgIpc) is 2.71. The Morgan fingerprint density at radius 1 is 1.18 bits per heavy atom. The first kappa shape index (κ1) is 29.0. The number of carbonyl (C=O) groups excluding carboxylic acids is 2. The van der Waals surface area contributed by atoms with Crippen molar-refractivity contribution in [2.45, 2.75) is 58.3 Å². The molecule has 0 unspecified atom stereocenters. The summed E-state index contributed by atoms with van der Waals surface area (Å²) in [5.41, 5.74) is 3.86. The van der Waals surface area contributed by atoms with Gasteiger partial charge in [0.2, 0.25) is 5.91 Å². The zero-order chi connectivity index (χ0) is 25.3. The molecule has 0 aliphatic rings. The summed E-state index contributed by atoms with van der Waals surface area (Å²) in [6.07, 6.45) is 1.41. The van der Waals surface area contributed by atoms with E-state index in [0.717, 1.165) is 0 Å². The number of aryl methyl sites for hydroxylation is 1. The van der Waals surface area contributed by atoms with Gasteiger partial charge in [-0.3, -0.25) is 15.0 Å². The molecule has 0 saturated carbocycles. The Morgan fingerprint density at radius 2 is 1.85 bits per heavy atom. The zero-order valence-electron chi connectivity index (χ0n) is 20.2. The maximum atomic E-state index is 15.4. The van der Waals surface area contributed by atoms with E-state index in [9.17, 15) is 18.0 Å². The van der Waals surface area contributed by atoms with Crippen LogP contribution in [0, 0.1) is 11.2 Å². The van der Waals surface area contributed by atoms with E-state index < -0.39 is 45.0 Å². The highest BCUT2D eigenvalue weighted by Gasteiger charge is 2.38. The normalized spacial score (nSPS) is 13.9. The van der Waals surface area contributed by atoms with E-state index in [1.165, 1.54) is 14.2 Å². The largest absolute Gasteiger partial charge is 0.469 e. The topological polar surface area (TPSA) is 122 Å². The number of esters is 1. The van der Waals surface area contributed by atoms with Crippen LogP contribution in [-0.4, -0.2) is 57.7 Å². The van der Waals surface area contributed by atoms with Crippen molar-refractivity contribution in [2.24, 2.45) is 5.41 Å². The molecule has 0 fully saturated rings. The number of ether oxygens (including phenoxy) is 1. The number of sulfone groups is 1. The number of halogens is 1. The number of amides is 1. The number of aliphatic hydroxyl groups is 1. The van der Waals surface area contributed by atoms with Crippen molar-refractivity contribution in [1.82, 2.24) is 10.9 Å². The third kappa shape index (κ3) is 8.68. The molecule has 0 bridgehead atoms. The van der Waals surface area contributed by atoms with Crippen LogP contribution in [0.2, 0.25) is 0 Å². The van der Waals surface area contributed by atoms with Crippen molar-refractivity contribution in [1.29, 1.82) is 0 Å². The highest BCUT2D eigenvalue weighted by atomic mass is 32.2. The van der Waals surface area contributed by atoms with Crippen molar-refractivity contribution in [3.63, 3.8) is 0 Å². The van der Waals surface area contributed by atoms with Gasteiger partial charge in [0.25, 0.3) is 0 Å². The van der Waals surface area contributed by atoms with Crippen LogP contribution < -0.4 is 10.9 Å². The lowest BCUT2D eigenvalue weighted by Gasteiger charge is -2.32. The van der Waals surface area contributed by atoms with Gasteiger partial charge in [-0.2, -0.15) is 0 Å². The number of carbonyl (C=O) groups is 2. The molecular weight excluding hydrogens is 451 g/mol. The molecular formula is C23H37FN2O6S. The van der Waals surface area contributed by atoms with Crippen LogP contribution in [0.25, 0.3) is 0 Å². The maximum absolute atomic E-state index is 15.4. The second-order valence-electron chi connectivity index (χ2n) is 9.22. The van der Waals surface area contributed by atoms with E-state index in [1.54, 1.807) is 25.1 Å². The summed E-state index contributed by atoms with van der Waals surface area (Å²) in [5, 5.41) is 8.96. The predicted octanol–water partition coefficient (Wildman–Crippen LogP) is 2.04. The first-order valence-corrected chi connectivity index (χ1v) is 12.8. The van der Waals surface area contributed by atoms with E-state index in [4.69, 9.17) is 5.11 Å². The van der Waals surface area contributed by atoms with Gasteiger partial charge in [-0.1, -0.05) is 38.5 Å². The lowest BCUT2D eigenvalue weighted by Crippen LogP contribution is -2.47. The Morgan fingerprint density at radius 3 is 2.42 bits per heavy atom. The summed E-state index contributed by atoms with van der Waals surface area (Å²) in [6, 6.07) is 4.79. The second-order valence-corrected chi connectivity index (χ2v) is 11.4. The summed E-state index contributed by atoms with van der Waals surface area (Å²) in [5.74, 6) is -1.78. The molecule has 3 N–H and O–H groups in total. The molecule has 0 radical (unpaired) electrons. The van der Waals surface area contributed by atoms with Gasteiger partial charge in [-0.25, -0.2) is 18.2 Å². The van der Waals surface area contributed by atoms with Gasteiger partial charge < -0.3 is 9.84 Å². The first-order chi connectivity index (χ1) is 15.3. The summed E-state index contributed by atoms with van der Waals surface area (Å²) in [7, 11) is -0.590. The van der Waals surface area contributed by atoms with Gasteiger partial charge in [0.05, 0.1) is 30.6 Å². The minimum atomic E-state index is -3.40. The lowest BCUT2D eigenvalue weighted by atomic mass is 9.75. The quantitative estimate of drug-likeness (QED) is 0.271. The minimum Gasteiger partial charge on any atom is -0.469 e. The molecule has 0 spiro atoms. The average molecular weight is 489 g/mol. The van der Waals surface area contributed by atoms with Gasteiger partial charge in [0, 0.05) is 19.0 Å². The summed E-state index contributed by atoms with van der Waals surface area (Å²) < 4.78 is 44.3. The highest BCUT2D eigenvalue weighted by Crippen LogP contribution is 2.36. The fourth-order valence-corrected chi connectivity index (χ4v) is 5.72. The van der Waals surface area contributed by atoms with Crippen LogP contribution in [0.4, 0.5) is 4.39 Å². The smallest absolute Gasteiger partial charge is 0.305 e. The zero-order valence-corrected chi connectivity index (χ0v) is 21.0. The third-order valence-electron chi connectivity index (χ3n) is 5.78. The number of methoxy groups -OCH3 is 1. The summed E-state index contributed by atoms with van der Waals surface area (Å²) >= 11 is 0. The Labute approximate surface area is 196 Å². The van der Waals surface area contributed by atoms with Crippen molar-refractivity contribution >= 4 is 21.7 Å². The van der Waals surface area contributed by atoms with E-state index in [2.05, 4.69) is 15.6 Å². The standard InChI is InChI=1S/C23H37FN2O6S/c1-22(2,16-33(30,31)15-14-27)12-7-13-23(3,21(29)26-25-4)18-9-6-8-17(20(18)24)10-11-19(28)32-5/h6,8-9,25,27H,7,10-16H2,1-5H3,(H,26,29)/t23-/m1/s1. The number of nitrogens with one attached hydrogen (secondary N) is 2. The predicted molar refractivity (Wildman–Crippen MR) is 125 cm³/mol. The third-order valence-corrected chi connectivity index (χ3v) is 7.81. The number of rotatable bonds is 14. The van der Waals surface area contributed by atoms with Gasteiger partial charge >= 0.3 is 5.97 Å². The molecule has 33 heavy (non-hydrogen) atoms. The van der Waals surface area contributed by atoms with Crippen LogP contribution in [0.3, 0.4) is 0 Å². The minimum absolute atomic E-state index is 0.0206. The lowest BCUT2D eigenvalue weighted by molar-refractivity contribution is -0.140. The number of benzene rings is 1. The molecule has 10 heteroatoms. The first-order valence-electron chi connectivity index (χ1n) is 10.9. The molecule has 1 aromatic rings. The SMILES string of the molecule is CNNC(=O)[C@](C)(CCCC(C)(C)CS(=O)(=O)CCO)c1cccc(CCC(=O)OC)c1F. The van der Waals surface area contributed by atoms with Gasteiger partial charge in [0.15, 0.2) is 9.84 Å². The molecule has 0 aliphatic carbocycles. The van der Waals surface area contributed by atoms with E-state index in [0.29, 0.717) is 18.4 Å². The Hall–Kier alpha value is -2.04. The van der Waals surface area contributed by atoms with Crippen LogP contribution in [-0.2, 0) is 36.0 Å². The number of hydrazine groups is 1. The monoisotopic (exact) mass is 488 g/mol. The molecule has 1 aromatic carbocycles. The van der Waals surface area contributed by atoms with E-state index in [1.807, 2.05) is 13.8 Å². The van der Waals surface area contributed by atoms with Crippen molar-refractivity contribution in [3.05, 3.63) is 35.1 Å². The summed E-state index contributed by atoms with van der Waals surface area (Å²) in [6.45, 7) is 4.87. The molecule has 1 atom stereocenters. The molecule has 0 saturated heterocycles. The molecule has 0 aliphatic heterocycles. The van der Waals surface area contributed by atoms with Gasteiger partial charge in [-0.05, 0) is 37.2 Å². The van der Waals surface area contributed by atoms with Crippen molar-refractivity contribution < 1.29 is 32.2 Å². The summed E-state index contributed by atoms with van der Waals surface area (Å²) in [4.78, 5) is 24.4. The molecule has 188 valence electrons. The molecule has 8 nitrogen and oxygen atoms in total. The van der Waals surface area contributed by atoms with E-state index >= 15 is 4.39 Å². The molecule has 1 rings (SSSR count). The second kappa shape index (κ2) is 12.4. The van der Waals surface area contributed by atoms with Crippen LogP contribution in [0.15, 0.2) is 18.2 Å². The van der Waals surface area contributed by atoms with Crippen LogP contribution >= 0.6 is 0 Å². The fraction of sp³-hybridized carbons (Fsp3) is 0.652.